The average Bonchev–Trinajstić information content (AvgIpc) is 2.71. The summed E-state index contributed by atoms with van der Waals surface area (Å²) in [4.78, 5) is 0. The van der Waals surface area contributed by atoms with Gasteiger partial charge in [-0.15, -0.1) is 0 Å². The maximum Gasteiger partial charge on any atom is 0.0481 e. The molecule has 0 aliphatic carbocycles. The van der Waals surface area contributed by atoms with Gasteiger partial charge in [-0.2, -0.15) is 0 Å². The molecule has 82 heavy (non-hydrogen) atoms. The summed E-state index contributed by atoms with van der Waals surface area (Å²) in [6, 6.07) is 39.4. The minimum absolute atomic E-state index is 0.137. The molecule has 444 valence electrons. The number of rotatable bonds is 28. The summed E-state index contributed by atoms with van der Waals surface area (Å²) in [7, 11) is 0. The van der Waals surface area contributed by atoms with Crippen LogP contribution in [-0.4, -0.2) is 0 Å². The molecule has 5 aromatic rings. The first-order chi connectivity index (χ1) is 39.2. The quantitative estimate of drug-likeness (QED) is 0.0389. The standard InChI is InChI=1S/C56H81N.C16H14.C9H20/c1-16-19-20-21-22-23-25-39(7)43(11)54-35-45(26-28-51(54)48-29-27-46(32-41(48)9)56(13,14)15)34-47-36-55(57-47)52-31-30-50(44(12)49(52)24-17-2)53(38(6)18-3)33-40(8)42(10)37(4)5;1-13(15-9-5-3-6-10-15)14(2)16-11-7-4-8-12-16;1-3-5-7-9-8-6-4-2/h26-39,43,57H,16-25H2,1-15H3;3-12H,1-2H2;3-9H2,1-2H3/b42-40+,47-34+,53-33+;;. The van der Waals surface area contributed by atoms with Crippen molar-refractivity contribution >= 4 is 28.5 Å². The first-order valence-corrected chi connectivity index (χ1v) is 32.7. The molecule has 1 aliphatic rings. The fourth-order valence-electron chi connectivity index (χ4n) is 11.3. The molecular weight excluding hydrogens is 987 g/mol. The van der Waals surface area contributed by atoms with E-state index in [1.165, 1.54) is 174 Å². The van der Waals surface area contributed by atoms with Gasteiger partial charge in [0.2, 0.25) is 0 Å². The first-order valence-electron chi connectivity index (χ1n) is 32.7. The largest absolute Gasteiger partial charge is 0.355 e. The van der Waals surface area contributed by atoms with Crippen LogP contribution in [0.4, 0.5) is 0 Å². The average molecular weight is 1100 g/mol. The third-order valence-corrected chi connectivity index (χ3v) is 17.7. The lowest BCUT2D eigenvalue weighted by Gasteiger charge is -2.28. The van der Waals surface area contributed by atoms with Gasteiger partial charge in [0.15, 0.2) is 0 Å². The van der Waals surface area contributed by atoms with Crippen molar-refractivity contribution in [2.45, 2.75) is 238 Å². The predicted molar refractivity (Wildman–Crippen MR) is 370 cm³/mol. The van der Waals surface area contributed by atoms with Crippen molar-refractivity contribution in [1.29, 1.82) is 0 Å². The topological polar surface area (TPSA) is 12.0 Å². The Balaban J connectivity index is 0.000000470. The Kier molecular flexibility index (Phi) is 29.8. The van der Waals surface area contributed by atoms with Gasteiger partial charge in [-0.3, -0.25) is 0 Å². The molecule has 6 rings (SSSR count). The van der Waals surface area contributed by atoms with Crippen LogP contribution >= 0.6 is 0 Å². The Hall–Kier alpha value is -5.66. The van der Waals surface area contributed by atoms with Crippen molar-refractivity contribution in [2.75, 3.05) is 0 Å². The molecule has 0 radical (unpaired) electrons. The number of allylic oxidation sites excluding steroid dienone is 7. The Morgan fingerprint density at radius 1 is 0.585 bits per heavy atom. The molecule has 5 aromatic carbocycles. The van der Waals surface area contributed by atoms with E-state index in [1.807, 2.05) is 36.4 Å². The fourth-order valence-corrected chi connectivity index (χ4v) is 11.3. The van der Waals surface area contributed by atoms with Gasteiger partial charge in [0.25, 0.3) is 0 Å². The minimum atomic E-state index is 0.137. The third kappa shape index (κ3) is 20.9. The summed E-state index contributed by atoms with van der Waals surface area (Å²) in [6.45, 7) is 47.8. The van der Waals surface area contributed by atoms with Crippen LogP contribution < -0.4 is 5.32 Å². The molecule has 0 amide bonds. The summed E-state index contributed by atoms with van der Waals surface area (Å²) in [5.41, 5.74) is 25.1. The van der Waals surface area contributed by atoms with Crippen molar-refractivity contribution in [2.24, 2.45) is 17.8 Å². The Morgan fingerprint density at radius 3 is 1.59 bits per heavy atom. The second kappa shape index (κ2) is 35.5. The van der Waals surface area contributed by atoms with E-state index in [4.69, 9.17) is 0 Å². The first kappa shape index (κ1) is 68.8. The molecule has 0 fully saturated rings. The van der Waals surface area contributed by atoms with Crippen molar-refractivity contribution < 1.29 is 0 Å². The molecule has 0 spiro atoms. The fraction of sp³-hybridized carbons (Fsp3) is 0.481. The molecule has 1 heteroatoms. The predicted octanol–water partition coefficient (Wildman–Crippen LogP) is 25.3. The maximum absolute atomic E-state index is 4.10. The second-order valence-corrected chi connectivity index (χ2v) is 25.6. The molecular formula is C81H115N. The molecule has 1 nitrogen and oxygen atoms in total. The van der Waals surface area contributed by atoms with Crippen molar-refractivity contribution in [1.82, 2.24) is 5.32 Å². The zero-order valence-corrected chi connectivity index (χ0v) is 55.4. The van der Waals surface area contributed by atoms with E-state index in [-0.39, 0.29) is 5.41 Å². The van der Waals surface area contributed by atoms with Gasteiger partial charge in [0, 0.05) is 17.0 Å². The van der Waals surface area contributed by atoms with Gasteiger partial charge in [-0.1, -0.05) is 326 Å². The van der Waals surface area contributed by atoms with Gasteiger partial charge >= 0.3 is 0 Å². The lowest BCUT2D eigenvalue weighted by atomic mass is 9.79. The van der Waals surface area contributed by atoms with Gasteiger partial charge in [0.05, 0.1) is 0 Å². The van der Waals surface area contributed by atoms with Crippen LogP contribution in [0, 0.1) is 31.6 Å². The van der Waals surface area contributed by atoms with Gasteiger partial charge in [0.1, 0.15) is 0 Å². The summed E-state index contributed by atoms with van der Waals surface area (Å²) in [5, 5.41) is 3.81. The van der Waals surface area contributed by atoms with E-state index in [0.717, 1.165) is 41.5 Å². The summed E-state index contributed by atoms with van der Waals surface area (Å²) in [6.07, 6.45) is 29.9. The molecule has 0 aromatic heterocycles. The summed E-state index contributed by atoms with van der Waals surface area (Å²) < 4.78 is 0. The highest BCUT2D eigenvalue weighted by Crippen LogP contribution is 2.41. The normalized spacial score (nSPS) is 14.3. The van der Waals surface area contributed by atoms with Crippen LogP contribution in [0.1, 0.15) is 268 Å². The van der Waals surface area contributed by atoms with Crippen LogP contribution in [0.15, 0.2) is 151 Å². The third-order valence-electron chi connectivity index (χ3n) is 17.7. The zero-order valence-electron chi connectivity index (χ0n) is 55.4. The molecule has 0 bridgehead atoms. The Morgan fingerprint density at radius 2 is 1.10 bits per heavy atom. The van der Waals surface area contributed by atoms with E-state index in [2.05, 4.69) is 227 Å². The second-order valence-electron chi connectivity index (χ2n) is 25.6. The lowest BCUT2D eigenvalue weighted by molar-refractivity contribution is 0.426. The maximum atomic E-state index is 4.10. The molecule has 1 N–H and O–H groups in total. The van der Waals surface area contributed by atoms with Crippen LogP contribution in [0.25, 0.3) is 39.6 Å². The Labute approximate surface area is 505 Å². The SMILES string of the molecule is C=C(C(=C)c1ccccc1)c1ccccc1.CCCCCCCCC.CCCCCCCCC(C)C(C)c1cc(/C=C2\C=C(c3ccc(/C(=C/C(C)=C(\C)C(C)C)C(C)CC)c(C)c3CCC)N2)ccc1-c1ccc(C(C)(C)C)cc1C. The minimum Gasteiger partial charge on any atom is -0.355 e. The van der Waals surface area contributed by atoms with Crippen LogP contribution in [0.3, 0.4) is 0 Å². The number of aryl methyl sites for hydroxylation is 1. The number of hydrogen-bond acceptors (Lipinski definition) is 1. The molecule has 1 aliphatic heterocycles. The highest BCUT2D eigenvalue weighted by molar-refractivity contribution is 6.02. The zero-order chi connectivity index (χ0) is 60.4. The number of nitrogens with one attached hydrogen (secondary N) is 1. The smallest absolute Gasteiger partial charge is 0.0481 e. The molecule has 1 heterocycles. The van der Waals surface area contributed by atoms with Gasteiger partial charge in [-0.05, 0) is 160 Å². The van der Waals surface area contributed by atoms with Crippen molar-refractivity contribution in [3.8, 4) is 11.1 Å². The number of unbranched alkanes of at least 4 members (excludes halogenated alkanes) is 11. The van der Waals surface area contributed by atoms with Gasteiger partial charge in [-0.25, -0.2) is 0 Å². The number of hydrogen-bond donors (Lipinski definition) is 1. The van der Waals surface area contributed by atoms with E-state index in [0.29, 0.717) is 23.7 Å². The van der Waals surface area contributed by atoms with Crippen molar-refractivity contribution in [3.05, 3.63) is 207 Å². The summed E-state index contributed by atoms with van der Waals surface area (Å²) >= 11 is 0. The number of benzene rings is 5. The van der Waals surface area contributed by atoms with E-state index in [9.17, 15) is 0 Å². The monoisotopic (exact) mass is 1100 g/mol. The van der Waals surface area contributed by atoms with Crippen LogP contribution in [0.2, 0.25) is 0 Å². The molecule has 0 saturated carbocycles. The van der Waals surface area contributed by atoms with Crippen LogP contribution in [0.5, 0.6) is 0 Å². The summed E-state index contributed by atoms with van der Waals surface area (Å²) in [5.74, 6) is 2.15. The Bertz CT molecular complexity index is 2810. The molecule has 0 saturated heterocycles. The highest BCUT2D eigenvalue weighted by atomic mass is 14.9. The van der Waals surface area contributed by atoms with Crippen LogP contribution in [-0.2, 0) is 11.8 Å². The molecule has 3 atom stereocenters. The highest BCUT2D eigenvalue weighted by Gasteiger charge is 2.24. The van der Waals surface area contributed by atoms with E-state index < -0.39 is 0 Å². The van der Waals surface area contributed by atoms with Crippen molar-refractivity contribution in [3.63, 3.8) is 0 Å². The van der Waals surface area contributed by atoms with Gasteiger partial charge < -0.3 is 5.32 Å². The molecule has 3 unspecified atom stereocenters. The lowest BCUT2D eigenvalue weighted by Crippen LogP contribution is -2.21. The van der Waals surface area contributed by atoms with E-state index in [1.54, 1.807) is 0 Å². The van der Waals surface area contributed by atoms with E-state index >= 15 is 0 Å².